The van der Waals surface area contributed by atoms with Crippen LogP contribution in [0.25, 0.3) is 6.08 Å². The van der Waals surface area contributed by atoms with Gasteiger partial charge in [0.05, 0.1) is 14.2 Å². The van der Waals surface area contributed by atoms with Crippen molar-refractivity contribution in [1.29, 1.82) is 0 Å². The van der Waals surface area contributed by atoms with Crippen LogP contribution >= 0.6 is 0 Å². The normalized spacial score (nSPS) is 10.5. The zero-order chi connectivity index (χ0) is 15.9. The summed E-state index contributed by atoms with van der Waals surface area (Å²) in [6, 6.07) is 12.8. The Labute approximate surface area is 129 Å². The summed E-state index contributed by atoms with van der Waals surface area (Å²) in [6.07, 6.45) is 3.05. The summed E-state index contributed by atoms with van der Waals surface area (Å²) in [6.45, 7) is 1.89. The lowest BCUT2D eigenvalue weighted by molar-refractivity contribution is -0.128. The number of carbonyl (C=O) groups is 1. The Morgan fingerprint density at radius 1 is 0.955 bits per heavy atom. The molecule has 0 amide bonds. The average Bonchev–Trinajstić information content (AvgIpc) is 2.54. The molecule has 0 aliphatic carbocycles. The van der Waals surface area contributed by atoms with E-state index < -0.39 is 5.97 Å². The maximum Gasteiger partial charge on any atom is 0.336 e. The zero-order valence-corrected chi connectivity index (χ0v) is 12.8. The van der Waals surface area contributed by atoms with E-state index in [-0.39, 0.29) is 0 Å². The molecule has 0 saturated carbocycles. The van der Waals surface area contributed by atoms with Gasteiger partial charge in [0, 0.05) is 6.08 Å². The highest BCUT2D eigenvalue weighted by molar-refractivity contribution is 5.89. The van der Waals surface area contributed by atoms with Gasteiger partial charge >= 0.3 is 5.97 Å². The number of ether oxygens (including phenoxy) is 3. The molecule has 114 valence electrons. The van der Waals surface area contributed by atoms with Crippen molar-refractivity contribution in [2.45, 2.75) is 6.92 Å². The molecule has 4 heteroatoms. The van der Waals surface area contributed by atoms with E-state index in [0.29, 0.717) is 17.2 Å². The van der Waals surface area contributed by atoms with E-state index in [2.05, 4.69) is 0 Å². The molecule has 2 aromatic carbocycles. The van der Waals surface area contributed by atoms with Crippen LogP contribution in [0.2, 0.25) is 0 Å². The number of hydrogen-bond acceptors (Lipinski definition) is 4. The van der Waals surface area contributed by atoms with Gasteiger partial charge in [-0.25, -0.2) is 4.79 Å². The van der Waals surface area contributed by atoms with Crippen LogP contribution in [0, 0.1) is 6.92 Å². The summed E-state index contributed by atoms with van der Waals surface area (Å²) in [7, 11) is 3.14. The van der Waals surface area contributed by atoms with Gasteiger partial charge in [-0.2, -0.15) is 0 Å². The summed E-state index contributed by atoms with van der Waals surface area (Å²) in [5.41, 5.74) is 1.73. The SMILES string of the molecule is COc1ccc(/C=C\C(=O)Oc2ccccc2C)cc1OC. The van der Waals surface area contributed by atoms with Crippen molar-refractivity contribution < 1.29 is 19.0 Å². The molecule has 0 fully saturated rings. The third kappa shape index (κ3) is 3.88. The molecular weight excluding hydrogens is 280 g/mol. The second-order valence-corrected chi connectivity index (χ2v) is 4.63. The zero-order valence-electron chi connectivity index (χ0n) is 12.8. The highest BCUT2D eigenvalue weighted by atomic mass is 16.5. The van der Waals surface area contributed by atoms with E-state index in [4.69, 9.17) is 14.2 Å². The van der Waals surface area contributed by atoms with Crippen LogP contribution in [0.5, 0.6) is 17.2 Å². The lowest BCUT2D eigenvalue weighted by Crippen LogP contribution is -2.04. The van der Waals surface area contributed by atoms with Gasteiger partial charge in [0.1, 0.15) is 5.75 Å². The standard InChI is InChI=1S/C18H18O4/c1-13-6-4-5-7-15(13)22-18(19)11-9-14-8-10-16(20-2)17(12-14)21-3/h4-12H,1-3H3/b11-9-. The van der Waals surface area contributed by atoms with E-state index in [1.54, 1.807) is 38.5 Å². The van der Waals surface area contributed by atoms with Gasteiger partial charge in [-0.15, -0.1) is 0 Å². The van der Waals surface area contributed by atoms with E-state index in [1.165, 1.54) is 6.08 Å². The maximum absolute atomic E-state index is 11.9. The first-order valence-electron chi connectivity index (χ1n) is 6.81. The van der Waals surface area contributed by atoms with Crippen molar-refractivity contribution in [3.8, 4) is 17.2 Å². The average molecular weight is 298 g/mol. The van der Waals surface area contributed by atoms with Crippen LogP contribution in [0.15, 0.2) is 48.5 Å². The summed E-state index contributed by atoms with van der Waals surface area (Å²) in [4.78, 5) is 11.9. The number of hydrogen-bond donors (Lipinski definition) is 0. The Hall–Kier alpha value is -2.75. The molecule has 0 aliphatic heterocycles. The van der Waals surface area contributed by atoms with Gasteiger partial charge in [0.15, 0.2) is 11.5 Å². The molecule has 0 aromatic heterocycles. The summed E-state index contributed by atoms with van der Waals surface area (Å²) in [5, 5.41) is 0. The predicted octanol–water partition coefficient (Wildman–Crippen LogP) is 3.63. The van der Waals surface area contributed by atoms with Crippen molar-refractivity contribution in [1.82, 2.24) is 0 Å². The Morgan fingerprint density at radius 3 is 2.36 bits per heavy atom. The molecule has 0 spiro atoms. The highest BCUT2D eigenvalue weighted by Crippen LogP contribution is 2.28. The Balaban J connectivity index is 2.08. The number of benzene rings is 2. The molecule has 0 unspecified atom stereocenters. The molecule has 4 nitrogen and oxygen atoms in total. The van der Waals surface area contributed by atoms with E-state index in [9.17, 15) is 4.79 Å². The second-order valence-electron chi connectivity index (χ2n) is 4.63. The minimum Gasteiger partial charge on any atom is -0.493 e. The molecule has 22 heavy (non-hydrogen) atoms. The lowest BCUT2D eigenvalue weighted by atomic mass is 10.2. The number of esters is 1. The van der Waals surface area contributed by atoms with Gasteiger partial charge in [0.25, 0.3) is 0 Å². The molecule has 2 aromatic rings. The topological polar surface area (TPSA) is 44.8 Å². The molecular formula is C18H18O4. The van der Waals surface area contributed by atoms with Gasteiger partial charge in [-0.05, 0) is 42.3 Å². The van der Waals surface area contributed by atoms with Crippen LogP contribution in [0.4, 0.5) is 0 Å². The van der Waals surface area contributed by atoms with Gasteiger partial charge in [0.2, 0.25) is 0 Å². The second kappa shape index (κ2) is 7.31. The first-order valence-corrected chi connectivity index (χ1v) is 6.81. The fourth-order valence-corrected chi connectivity index (χ4v) is 1.93. The van der Waals surface area contributed by atoms with Crippen molar-refractivity contribution in [2.24, 2.45) is 0 Å². The van der Waals surface area contributed by atoms with Crippen molar-refractivity contribution in [2.75, 3.05) is 14.2 Å². The van der Waals surface area contributed by atoms with E-state index in [1.807, 2.05) is 31.2 Å². The maximum atomic E-state index is 11.9. The summed E-state index contributed by atoms with van der Waals surface area (Å²) in [5.74, 6) is 1.38. The van der Waals surface area contributed by atoms with Crippen LogP contribution in [-0.4, -0.2) is 20.2 Å². The molecule has 0 aliphatic rings. The Bertz CT molecular complexity index is 689. The molecule has 0 radical (unpaired) electrons. The molecule has 0 bridgehead atoms. The fraction of sp³-hybridized carbons (Fsp3) is 0.167. The van der Waals surface area contributed by atoms with Gasteiger partial charge < -0.3 is 14.2 Å². The number of carbonyl (C=O) groups excluding carboxylic acids is 1. The number of methoxy groups -OCH3 is 2. The van der Waals surface area contributed by atoms with E-state index >= 15 is 0 Å². The third-order valence-electron chi connectivity index (χ3n) is 3.12. The van der Waals surface area contributed by atoms with E-state index in [0.717, 1.165) is 11.1 Å². The summed E-state index contributed by atoms with van der Waals surface area (Å²) < 4.78 is 15.7. The van der Waals surface area contributed by atoms with Gasteiger partial charge in [-0.1, -0.05) is 24.3 Å². The van der Waals surface area contributed by atoms with Gasteiger partial charge in [-0.3, -0.25) is 0 Å². The number of aryl methyl sites for hydroxylation is 1. The monoisotopic (exact) mass is 298 g/mol. The van der Waals surface area contributed by atoms with Crippen molar-refractivity contribution in [3.63, 3.8) is 0 Å². The highest BCUT2D eigenvalue weighted by Gasteiger charge is 2.05. The lowest BCUT2D eigenvalue weighted by Gasteiger charge is -2.07. The minimum atomic E-state index is -0.427. The minimum absolute atomic E-state index is 0.427. The summed E-state index contributed by atoms with van der Waals surface area (Å²) >= 11 is 0. The van der Waals surface area contributed by atoms with Crippen molar-refractivity contribution in [3.05, 3.63) is 59.7 Å². The first kappa shape index (κ1) is 15.6. The smallest absolute Gasteiger partial charge is 0.336 e. The first-order chi connectivity index (χ1) is 10.6. The molecule has 0 N–H and O–H groups in total. The molecule has 0 saturated heterocycles. The number of para-hydroxylation sites is 1. The Morgan fingerprint density at radius 2 is 1.68 bits per heavy atom. The quantitative estimate of drug-likeness (QED) is 0.480. The van der Waals surface area contributed by atoms with Crippen molar-refractivity contribution >= 4 is 12.0 Å². The van der Waals surface area contributed by atoms with Crippen LogP contribution in [0.1, 0.15) is 11.1 Å². The molecule has 0 atom stereocenters. The van der Waals surface area contributed by atoms with Crippen LogP contribution in [-0.2, 0) is 4.79 Å². The predicted molar refractivity (Wildman–Crippen MR) is 85.4 cm³/mol. The molecule has 2 rings (SSSR count). The fourth-order valence-electron chi connectivity index (χ4n) is 1.93. The molecule has 0 heterocycles. The van der Waals surface area contributed by atoms with Crippen LogP contribution < -0.4 is 14.2 Å². The largest absolute Gasteiger partial charge is 0.493 e. The Kier molecular flexibility index (Phi) is 5.20. The van der Waals surface area contributed by atoms with Crippen LogP contribution in [0.3, 0.4) is 0 Å². The number of rotatable bonds is 5. The third-order valence-corrected chi connectivity index (χ3v) is 3.12.